The molecule has 1 saturated heterocycles. The van der Waals surface area contributed by atoms with Gasteiger partial charge in [0.05, 0.1) is 0 Å². The van der Waals surface area contributed by atoms with Gasteiger partial charge in [-0.1, -0.05) is 28.9 Å². The highest BCUT2D eigenvalue weighted by Crippen LogP contribution is 2.33. The zero-order valence-corrected chi connectivity index (χ0v) is 12.7. The monoisotopic (exact) mass is 327 g/mol. The van der Waals surface area contributed by atoms with Gasteiger partial charge in [-0.05, 0) is 43.5 Å². The van der Waals surface area contributed by atoms with E-state index < -0.39 is 0 Å². The number of Topliss-reactive ketones (excluding diaryl/α,β-unsaturated/α-hetero) is 1. The molecular formula is C15H19BrFNO. The fourth-order valence-electron chi connectivity index (χ4n) is 2.73. The van der Waals surface area contributed by atoms with E-state index in [4.69, 9.17) is 0 Å². The minimum Gasteiger partial charge on any atom is -0.316 e. The fraction of sp³-hybridized carbons (Fsp3) is 0.533. The maximum Gasteiger partial charge on any atom is 0.144 e. The molecule has 0 aliphatic carbocycles. The van der Waals surface area contributed by atoms with Gasteiger partial charge in [-0.15, -0.1) is 0 Å². The molecule has 1 aliphatic rings. The number of rotatable bonds is 4. The van der Waals surface area contributed by atoms with Gasteiger partial charge in [-0.25, -0.2) is 4.39 Å². The quantitative estimate of drug-likeness (QED) is 0.917. The summed E-state index contributed by atoms with van der Waals surface area (Å²) in [5, 5.41) is 3.32. The summed E-state index contributed by atoms with van der Waals surface area (Å²) in [7, 11) is 0. The first kappa shape index (κ1) is 14.7. The Kier molecular flexibility index (Phi) is 4.74. The SMILES string of the molecule is CCC1(C(=O)Cc2ccc(F)cc2Br)CCCNC1. The fourth-order valence-corrected chi connectivity index (χ4v) is 3.22. The van der Waals surface area contributed by atoms with Gasteiger partial charge in [0.2, 0.25) is 0 Å². The van der Waals surface area contributed by atoms with Gasteiger partial charge in [0.25, 0.3) is 0 Å². The van der Waals surface area contributed by atoms with E-state index in [0.29, 0.717) is 10.9 Å². The number of hydrogen-bond donors (Lipinski definition) is 1. The molecule has 1 aromatic carbocycles. The van der Waals surface area contributed by atoms with Gasteiger partial charge in [0, 0.05) is 22.9 Å². The van der Waals surface area contributed by atoms with Crippen molar-refractivity contribution in [1.29, 1.82) is 0 Å². The standard InChI is InChI=1S/C15H19BrFNO/c1-2-15(6-3-7-18-10-15)14(19)8-11-4-5-12(17)9-13(11)16/h4-5,9,18H,2-3,6-8,10H2,1H3. The Balaban J connectivity index is 2.15. The number of carbonyl (C=O) groups is 1. The van der Waals surface area contributed by atoms with Crippen LogP contribution in [-0.2, 0) is 11.2 Å². The second kappa shape index (κ2) is 6.14. The van der Waals surface area contributed by atoms with Crippen molar-refractivity contribution in [1.82, 2.24) is 5.32 Å². The van der Waals surface area contributed by atoms with E-state index in [1.807, 2.05) is 0 Å². The van der Waals surface area contributed by atoms with E-state index in [2.05, 4.69) is 28.2 Å². The molecule has 0 amide bonds. The van der Waals surface area contributed by atoms with Crippen LogP contribution >= 0.6 is 15.9 Å². The molecule has 0 spiro atoms. The van der Waals surface area contributed by atoms with Crippen molar-refractivity contribution in [3.8, 4) is 0 Å². The molecule has 1 aromatic rings. The van der Waals surface area contributed by atoms with Crippen LogP contribution in [0.1, 0.15) is 31.7 Å². The minimum atomic E-state index is -0.285. The number of piperidine rings is 1. The lowest BCUT2D eigenvalue weighted by Gasteiger charge is -2.35. The summed E-state index contributed by atoms with van der Waals surface area (Å²) in [5.74, 6) is -0.0258. The predicted octanol–water partition coefficient (Wildman–Crippen LogP) is 3.48. The van der Waals surface area contributed by atoms with Crippen LogP contribution in [0.5, 0.6) is 0 Å². The maximum atomic E-state index is 13.1. The first-order valence-electron chi connectivity index (χ1n) is 6.75. The molecule has 1 aliphatic heterocycles. The molecule has 104 valence electrons. The highest BCUT2D eigenvalue weighted by molar-refractivity contribution is 9.10. The van der Waals surface area contributed by atoms with Crippen LogP contribution in [0.15, 0.2) is 22.7 Å². The van der Waals surface area contributed by atoms with E-state index in [-0.39, 0.29) is 17.0 Å². The third-order valence-electron chi connectivity index (χ3n) is 4.11. The van der Waals surface area contributed by atoms with E-state index in [1.165, 1.54) is 12.1 Å². The minimum absolute atomic E-state index is 0.244. The molecule has 4 heteroatoms. The van der Waals surface area contributed by atoms with Gasteiger partial charge < -0.3 is 5.32 Å². The van der Waals surface area contributed by atoms with E-state index in [1.54, 1.807) is 6.07 Å². The second-order valence-electron chi connectivity index (χ2n) is 5.25. The first-order valence-corrected chi connectivity index (χ1v) is 7.55. The van der Waals surface area contributed by atoms with Crippen LogP contribution in [-0.4, -0.2) is 18.9 Å². The molecule has 0 bridgehead atoms. The summed E-state index contributed by atoms with van der Waals surface area (Å²) in [6, 6.07) is 4.52. The molecule has 1 unspecified atom stereocenters. The summed E-state index contributed by atoms with van der Waals surface area (Å²) in [4.78, 5) is 12.6. The lowest BCUT2D eigenvalue weighted by Crippen LogP contribution is -2.45. The lowest BCUT2D eigenvalue weighted by atomic mass is 9.73. The molecule has 19 heavy (non-hydrogen) atoms. The average Bonchev–Trinajstić information content (AvgIpc) is 2.42. The van der Waals surface area contributed by atoms with Gasteiger partial charge in [-0.2, -0.15) is 0 Å². The van der Waals surface area contributed by atoms with Crippen molar-refractivity contribution in [2.24, 2.45) is 5.41 Å². The molecular weight excluding hydrogens is 309 g/mol. The molecule has 2 rings (SSSR count). The number of halogens is 2. The molecule has 0 aromatic heterocycles. The van der Waals surface area contributed by atoms with Crippen molar-refractivity contribution < 1.29 is 9.18 Å². The zero-order chi connectivity index (χ0) is 13.9. The first-order chi connectivity index (χ1) is 9.07. The van der Waals surface area contributed by atoms with Crippen molar-refractivity contribution in [2.45, 2.75) is 32.6 Å². The van der Waals surface area contributed by atoms with E-state index >= 15 is 0 Å². The molecule has 0 saturated carbocycles. The van der Waals surface area contributed by atoms with Gasteiger partial charge >= 0.3 is 0 Å². The highest BCUT2D eigenvalue weighted by Gasteiger charge is 2.37. The van der Waals surface area contributed by atoms with Gasteiger partial charge in [-0.3, -0.25) is 4.79 Å². The molecule has 1 atom stereocenters. The second-order valence-corrected chi connectivity index (χ2v) is 6.10. The highest BCUT2D eigenvalue weighted by atomic mass is 79.9. The van der Waals surface area contributed by atoms with Crippen molar-refractivity contribution in [3.05, 3.63) is 34.1 Å². The van der Waals surface area contributed by atoms with Crippen molar-refractivity contribution in [3.63, 3.8) is 0 Å². The third-order valence-corrected chi connectivity index (χ3v) is 4.84. The zero-order valence-electron chi connectivity index (χ0n) is 11.1. The molecule has 1 heterocycles. The lowest BCUT2D eigenvalue weighted by molar-refractivity contribution is -0.129. The molecule has 1 fully saturated rings. The smallest absolute Gasteiger partial charge is 0.144 e. The third kappa shape index (κ3) is 3.23. The summed E-state index contributed by atoms with van der Waals surface area (Å²) in [6.45, 7) is 3.83. The Morgan fingerprint density at radius 1 is 1.53 bits per heavy atom. The predicted molar refractivity (Wildman–Crippen MR) is 77.6 cm³/mol. The van der Waals surface area contributed by atoms with E-state index in [9.17, 15) is 9.18 Å². The van der Waals surface area contributed by atoms with Gasteiger partial charge in [0.1, 0.15) is 11.6 Å². The Hall–Kier alpha value is -0.740. The average molecular weight is 328 g/mol. The van der Waals surface area contributed by atoms with Crippen molar-refractivity contribution in [2.75, 3.05) is 13.1 Å². The Morgan fingerprint density at radius 2 is 2.32 bits per heavy atom. The summed E-state index contributed by atoms with van der Waals surface area (Å²) < 4.78 is 13.7. The summed E-state index contributed by atoms with van der Waals surface area (Å²) in [6.07, 6.45) is 3.23. The Morgan fingerprint density at radius 3 is 2.89 bits per heavy atom. The van der Waals surface area contributed by atoms with Crippen LogP contribution in [0.3, 0.4) is 0 Å². The van der Waals surface area contributed by atoms with Crippen LogP contribution in [0, 0.1) is 11.2 Å². The van der Waals surface area contributed by atoms with Crippen LogP contribution in [0.4, 0.5) is 4.39 Å². The van der Waals surface area contributed by atoms with Crippen LogP contribution in [0.2, 0.25) is 0 Å². The maximum absolute atomic E-state index is 13.1. The van der Waals surface area contributed by atoms with Gasteiger partial charge in [0.15, 0.2) is 0 Å². The number of benzene rings is 1. The largest absolute Gasteiger partial charge is 0.316 e. The van der Waals surface area contributed by atoms with E-state index in [0.717, 1.165) is 37.9 Å². The van der Waals surface area contributed by atoms with Crippen molar-refractivity contribution >= 4 is 21.7 Å². The van der Waals surface area contributed by atoms with Crippen LogP contribution < -0.4 is 5.32 Å². The normalized spacial score (nSPS) is 23.3. The topological polar surface area (TPSA) is 29.1 Å². The molecule has 2 nitrogen and oxygen atoms in total. The number of hydrogen-bond acceptors (Lipinski definition) is 2. The van der Waals surface area contributed by atoms with Crippen LogP contribution in [0.25, 0.3) is 0 Å². The summed E-state index contributed by atoms with van der Waals surface area (Å²) >= 11 is 3.33. The Bertz CT molecular complexity index is 469. The molecule has 1 N–H and O–H groups in total. The number of carbonyl (C=O) groups excluding carboxylic acids is 1. The Labute approximate surface area is 121 Å². The number of ketones is 1. The molecule has 0 radical (unpaired) electrons. The summed E-state index contributed by atoms with van der Waals surface area (Å²) in [5.41, 5.74) is 0.622. The number of nitrogens with one attached hydrogen (secondary N) is 1.